The van der Waals surface area contributed by atoms with Crippen molar-refractivity contribution >= 4 is 5.91 Å². The summed E-state index contributed by atoms with van der Waals surface area (Å²) >= 11 is 0. The van der Waals surface area contributed by atoms with Crippen LogP contribution in [-0.4, -0.2) is 34.9 Å². The SMILES string of the molecule is Cn1cc(C(=O)N[C@@H]2C[C@H]2C2CCCCC2)c([C@@H]2CCOC2)n1. The second kappa shape index (κ2) is 6.27. The van der Waals surface area contributed by atoms with E-state index in [4.69, 9.17) is 4.74 Å². The Balaban J connectivity index is 1.40. The molecule has 2 aliphatic carbocycles. The average Bonchev–Trinajstić information content (AvgIpc) is 2.98. The Hall–Kier alpha value is -1.36. The Morgan fingerprint density at radius 2 is 2.13 bits per heavy atom. The highest BCUT2D eigenvalue weighted by atomic mass is 16.5. The van der Waals surface area contributed by atoms with E-state index >= 15 is 0 Å². The molecule has 0 radical (unpaired) electrons. The zero-order valence-corrected chi connectivity index (χ0v) is 14.0. The van der Waals surface area contributed by atoms with Crippen molar-refractivity contribution in [3.05, 3.63) is 17.5 Å². The van der Waals surface area contributed by atoms with Gasteiger partial charge in [0.05, 0.1) is 17.9 Å². The van der Waals surface area contributed by atoms with Gasteiger partial charge in [-0.3, -0.25) is 9.48 Å². The van der Waals surface area contributed by atoms with Crippen molar-refractivity contribution in [1.29, 1.82) is 0 Å². The molecule has 3 aliphatic rings. The molecule has 1 saturated heterocycles. The van der Waals surface area contributed by atoms with E-state index in [0.717, 1.165) is 30.2 Å². The van der Waals surface area contributed by atoms with E-state index in [1.165, 1.54) is 38.5 Å². The third kappa shape index (κ3) is 3.16. The van der Waals surface area contributed by atoms with Gasteiger partial charge in [-0.05, 0) is 24.7 Å². The standard InChI is InChI=1S/C18H27N3O2/c1-21-10-15(17(20-21)13-7-8-23-11-13)18(22)19-16-9-14(16)12-5-3-2-4-6-12/h10,12-14,16H,2-9,11H2,1H3,(H,19,22)/t13-,14+,16-/m1/s1. The lowest BCUT2D eigenvalue weighted by Crippen LogP contribution is -2.29. The van der Waals surface area contributed by atoms with Gasteiger partial charge in [0.25, 0.3) is 5.91 Å². The van der Waals surface area contributed by atoms with Crippen LogP contribution < -0.4 is 5.32 Å². The van der Waals surface area contributed by atoms with Crippen molar-refractivity contribution in [1.82, 2.24) is 15.1 Å². The number of hydrogen-bond acceptors (Lipinski definition) is 3. The summed E-state index contributed by atoms with van der Waals surface area (Å²) in [5.41, 5.74) is 1.66. The molecule has 2 heterocycles. The quantitative estimate of drug-likeness (QED) is 0.929. The van der Waals surface area contributed by atoms with E-state index in [0.29, 0.717) is 18.6 Å². The van der Waals surface area contributed by atoms with Gasteiger partial charge in [0.15, 0.2) is 0 Å². The molecule has 1 amide bonds. The predicted octanol–water partition coefficient (Wildman–Crippen LogP) is 2.62. The van der Waals surface area contributed by atoms with Gasteiger partial charge in [0, 0.05) is 31.8 Å². The number of nitrogens with zero attached hydrogens (tertiary/aromatic N) is 2. The van der Waals surface area contributed by atoms with Crippen LogP contribution in [0.1, 0.15) is 66.9 Å². The first kappa shape index (κ1) is 15.2. The topological polar surface area (TPSA) is 56.2 Å². The van der Waals surface area contributed by atoms with E-state index in [-0.39, 0.29) is 11.8 Å². The predicted molar refractivity (Wildman–Crippen MR) is 87.3 cm³/mol. The summed E-state index contributed by atoms with van der Waals surface area (Å²) in [6.07, 6.45) is 10.8. The van der Waals surface area contributed by atoms with Crippen molar-refractivity contribution < 1.29 is 9.53 Å². The lowest BCUT2D eigenvalue weighted by molar-refractivity contribution is 0.0945. The zero-order valence-electron chi connectivity index (χ0n) is 14.0. The summed E-state index contributed by atoms with van der Waals surface area (Å²) < 4.78 is 7.22. The fourth-order valence-corrected chi connectivity index (χ4v) is 4.44. The molecule has 3 atom stereocenters. The Morgan fingerprint density at radius 1 is 1.30 bits per heavy atom. The molecule has 5 heteroatoms. The number of amides is 1. The first-order valence-electron chi connectivity index (χ1n) is 9.14. The maximum absolute atomic E-state index is 12.7. The summed E-state index contributed by atoms with van der Waals surface area (Å²) in [6.45, 7) is 1.46. The fourth-order valence-electron chi connectivity index (χ4n) is 4.44. The van der Waals surface area contributed by atoms with Crippen LogP contribution in [0.25, 0.3) is 0 Å². The third-order valence-corrected chi connectivity index (χ3v) is 5.83. The van der Waals surface area contributed by atoms with Crippen LogP contribution in [0.2, 0.25) is 0 Å². The number of carbonyl (C=O) groups excluding carboxylic acids is 1. The summed E-state index contributed by atoms with van der Waals surface area (Å²) in [6, 6.07) is 0.387. The van der Waals surface area contributed by atoms with E-state index in [1.54, 1.807) is 4.68 Å². The van der Waals surface area contributed by atoms with Crippen molar-refractivity contribution in [2.45, 2.75) is 56.9 Å². The van der Waals surface area contributed by atoms with Gasteiger partial charge < -0.3 is 10.1 Å². The van der Waals surface area contributed by atoms with E-state index in [9.17, 15) is 4.79 Å². The lowest BCUT2D eigenvalue weighted by Gasteiger charge is -2.21. The molecule has 0 bridgehead atoms. The highest BCUT2D eigenvalue weighted by Crippen LogP contribution is 2.44. The molecule has 0 unspecified atom stereocenters. The van der Waals surface area contributed by atoms with Crippen molar-refractivity contribution in [3.8, 4) is 0 Å². The molecule has 0 aromatic carbocycles. The number of nitrogens with one attached hydrogen (secondary N) is 1. The second-order valence-corrected chi connectivity index (χ2v) is 7.54. The van der Waals surface area contributed by atoms with Gasteiger partial charge in [-0.2, -0.15) is 5.10 Å². The molecule has 5 nitrogen and oxygen atoms in total. The number of rotatable bonds is 4. The molecule has 0 spiro atoms. The summed E-state index contributed by atoms with van der Waals surface area (Å²) in [5, 5.41) is 7.79. The minimum atomic E-state index is 0.0586. The van der Waals surface area contributed by atoms with Crippen LogP contribution in [0, 0.1) is 11.8 Å². The van der Waals surface area contributed by atoms with Gasteiger partial charge >= 0.3 is 0 Å². The number of aromatic nitrogens is 2. The van der Waals surface area contributed by atoms with Crippen LogP contribution in [0.3, 0.4) is 0 Å². The van der Waals surface area contributed by atoms with Crippen LogP contribution in [-0.2, 0) is 11.8 Å². The second-order valence-electron chi connectivity index (χ2n) is 7.54. The number of aryl methyl sites for hydroxylation is 1. The Morgan fingerprint density at radius 3 is 2.87 bits per heavy atom. The normalized spacial score (nSPS) is 31.3. The van der Waals surface area contributed by atoms with E-state index in [2.05, 4.69) is 10.4 Å². The number of ether oxygens (including phenoxy) is 1. The maximum Gasteiger partial charge on any atom is 0.254 e. The summed E-state index contributed by atoms with van der Waals surface area (Å²) in [5.74, 6) is 1.88. The van der Waals surface area contributed by atoms with Gasteiger partial charge in [0.1, 0.15) is 0 Å². The van der Waals surface area contributed by atoms with Gasteiger partial charge in [-0.25, -0.2) is 0 Å². The molecule has 23 heavy (non-hydrogen) atoms. The molecule has 1 aromatic rings. The third-order valence-electron chi connectivity index (χ3n) is 5.83. The monoisotopic (exact) mass is 317 g/mol. The molecular weight excluding hydrogens is 290 g/mol. The van der Waals surface area contributed by atoms with Crippen LogP contribution >= 0.6 is 0 Å². The minimum absolute atomic E-state index is 0.0586. The average molecular weight is 317 g/mol. The Labute approximate surface area is 137 Å². The Kier molecular flexibility index (Phi) is 4.14. The minimum Gasteiger partial charge on any atom is -0.381 e. The largest absolute Gasteiger partial charge is 0.381 e. The fraction of sp³-hybridized carbons (Fsp3) is 0.778. The van der Waals surface area contributed by atoms with Gasteiger partial charge in [-0.15, -0.1) is 0 Å². The molecule has 4 rings (SSSR count). The van der Waals surface area contributed by atoms with Crippen LogP contribution in [0.15, 0.2) is 6.20 Å². The first-order chi connectivity index (χ1) is 11.2. The molecule has 126 valence electrons. The van der Waals surface area contributed by atoms with E-state index in [1.807, 2.05) is 13.2 Å². The molecule has 2 saturated carbocycles. The highest BCUT2D eigenvalue weighted by molar-refractivity contribution is 5.95. The van der Waals surface area contributed by atoms with Crippen LogP contribution in [0.4, 0.5) is 0 Å². The number of hydrogen-bond donors (Lipinski definition) is 1. The van der Waals surface area contributed by atoms with Crippen molar-refractivity contribution in [2.24, 2.45) is 18.9 Å². The molecule has 1 aliphatic heterocycles. The molecular formula is C18H27N3O2. The van der Waals surface area contributed by atoms with Gasteiger partial charge in [-0.1, -0.05) is 32.1 Å². The molecule has 1 N–H and O–H groups in total. The van der Waals surface area contributed by atoms with Crippen LogP contribution in [0.5, 0.6) is 0 Å². The van der Waals surface area contributed by atoms with E-state index < -0.39 is 0 Å². The zero-order chi connectivity index (χ0) is 15.8. The summed E-state index contributed by atoms with van der Waals surface area (Å²) in [4.78, 5) is 12.7. The smallest absolute Gasteiger partial charge is 0.254 e. The molecule has 1 aromatic heterocycles. The lowest BCUT2D eigenvalue weighted by atomic mass is 9.85. The van der Waals surface area contributed by atoms with Gasteiger partial charge in [0.2, 0.25) is 0 Å². The molecule has 3 fully saturated rings. The Bertz CT molecular complexity index is 571. The summed E-state index contributed by atoms with van der Waals surface area (Å²) in [7, 11) is 1.89. The highest BCUT2D eigenvalue weighted by Gasteiger charge is 2.44. The van der Waals surface area contributed by atoms with Crippen molar-refractivity contribution in [2.75, 3.05) is 13.2 Å². The first-order valence-corrected chi connectivity index (χ1v) is 9.14. The maximum atomic E-state index is 12.7. The van der Waals surface area contributed by atoms with Crippen molar-refractivity contribution in [3.63, 3.8) is 0 Å². The number of carbonyl (C=O) groups is 1.